The van der Waals surface area contributed by atoms with Crippen LogP contribution in [0, 0.1) is 5.92 Å². The molecule has 35 heavy (non-hydrogen) atoms. The standard InChI is InChI=1S/C20H39F4N7O3S/c1-30(2)11-13-10-15(4-5-16(13)21)26-18-27-17(28-19(29-18)34-12-20(22,23)24)25-14-6-8-31(9-7-14)35(3,32)33/h13-19,25-29H,4-12H2,1-3H3. The van der Waals surface area contributed by atoms with Gasteiger partial charge in [0, 0.05) is 37.6 Å². The molecule has 7 unspecified atom stereocenters. The molecule has 7 atom stereocenters. The molecule has 5 N–H and O–H groups in total. The highest BCUT2D eigenvalue weighted by molar-refractivity contribution is 7.94. The smallest absolute Gasteiger partial charge is 0.411 e. The van der Waals surface area contributed by atoms with Gasteiger partial charge in [-0.3, -0.25) is 26.6 Å². The number of sulfonamides is 1. The fourth-order valence-electron chi connectivity index (χ4n) is 4.94. The van der Waals surface area contributed by atoms with Crippen LogP contribution in [0.3, 0.4) is 0 Å². The summed E-state index contributed by atoms with van der Waals surface area (Å²) in [5.74, 6) is -0.121. The summed E-state index contributed by atoms with van der Waals surface area (Å²) in [5, 5.41) is 15.8. The molecule has 0 bridgehead atoms. The van der Waals surface area contributed by atoms with Crippen LogP contribution in [0.1, 0.15) is 32.1 Å². The molecule has 0 amide bonds. The maximum atomic E-state index is 14.4. The van der Waals surface area contributed by atoms with Crippen molar-refractivity contribution in [1.82, 2.24) is 35.8 Å². The highest BCUT2D eigenvalue weighted by atomic mass is 32.3. The minimum Gasteiger partial charge on any atom is -0.598 e. The molecule has 0 radical (unpaired) electrons. The molecule has 206 valence electrons. The molecule has 2 aliphatic heterocycles. The van der Waals surface area contributed by atoms with Crippen molar-refractivity contribution >= 4 is 10.4 Å². The third-order valence-electron chi connectivity index (χ3n) is 6.60. The molecule has 0 aromatic carbocycles. The van der Waals surface area contributed by atoms with Crippen LogP contribution in [0.2, 0.25) is 0 Å². The average molecular weight is 534 g/mol. The SMILES string of the molecule is CN(C)CC1CC(NC2NC(NC3CCN([S+](C)(=O)[O-])CC3)NC(OCC(F)(F)F)N2)CCC1F. The lowest BCUT2D eigenvalue weighted by Crippen LogP contribution is -2.76. The number of alkyl halides is 4. The summed E-state index contributed by atoms with van der Waals surface area (Å²) in [6.07, 6.45) is -3.63. The van der Waals surface area contributed by atoms with Crippen molar-refractivity contribution < 1.29 is 31.1 Å². The van der Waals surface area contributed by atoms with Crippen molar-refractivity contribution in [3.63, 3.8) is 0 Å². The van der Waals surface area contributed by atoms with Crippen LogP contribution in [0.15, 0.2) is 0 Å². The van der Waals surface area contributed by atoms with Gasteiger partial charge in [-0.1, -0.05) is 4.21 Å². The highest BCUT2D eigenvalue weighted by Crippen LogP contribution is 2.28. The van der Waals surface area contributed by atoms with E-state index in [1.807, 2.05) is 19.0 Å². The van der Waals surface area contributed by atoms with Crippen LogP contribution < -0.4 is 26.6 Å². The van der Waals surface area contributed by atoms with E-state index >= 15 is 0 Å². The maximum Gasteiger partial charge on any atom is 0.411 e. The number of ether oxygens (including phenoxy) is 1. The minimum atomic E-state index is -4.47. The zero-order chi connectivity index (χ0) is 25.8. The van der Waals surface area contributed by atoms with Crippen LogP contribution in [0.5, 0.6) is 0 Å². The summed E-state index contributed by atoms with van der Waals surface area (Å²) in [6.45, 7) is -0.0460. The lowest BCUT2D eigenvalue weighted by atomic mass is 9.84. The largest absolute Gasteiger partial charge is 0.598 e. The maximum absolute atomic E-state index is 14.4. The van der Waals surface area contributed by atoms with Gasteiger partial charge in [0.1, 0.15) is 42.0 Å². The summed E-state index contributed by atoms with van der Waals surface area (Å²) in [4.78, 5) is 1.96. The first kappa shape index (κ1) is 29.1. The molecular weight excluding hydrogens is 494 g/mol. The Morgan fingerprint density at radius 3 is 2.20 bits per heavy atom. The summed E-state index contributed by atoms with van der Waals surface area (Å²) >= 11 is 0. The van der Waals surface area contributed by atoms with E-state index in [9.17, 15) is 26.3 Å². The van der Waals surface area contributed by atoms with Gasteiger partial charge >= 0.3 is 6.18 Å². The van der Waals surface area contributed by atoms with Crippen LogP contribution in [-0.2, 0) is 19.3 Å². The van der Waals surface area contributed by atoms with Crippen LogP contribution >= 0.6 is 0 Å². The second-order valence-electron chi connectivity index (χ2n) is 9.99. The van der Waals surface area contributed by atoms with E-state index < -0.39 is 48.3 Å². The monoisotopic (exact) mass is 533 g/mol. The molecule has 1 aliphatic carbocycles. The van der Waals surface area contributed by atoms with Crippen molar-refractivity contribution in [2.45, 2.75) is 75.5 Å². The predicted molar refractivity (Wildman–Crippen MR) is 123 cm³/mol. The van der Waals surface area contributed by atoms with E-state index in [0.717, 1.165) is 0 Å². The zero-order valence-corrected chi connectivity index (χ0v) is 21.3. The number of nitrogens with zero attached hydrogens (tertiary/aromatic N) is 2. The van der Waals surface area contributed by atoms with Gasteiger partial charge < -0.3 is 14.2 Å². The Kier molecular flexibility index (Phi) is 10.3. The Balaban J connectivity index is 1.58. The summed E-state index contributed by atoms with van der Waals surface area (Å²) < 4.78 is 82.5. The molecular formula is C20H39F4N7O3S. The van der Waals surface area contributed by atoms with Crippen molar-refractivity contribution in [1.29, 1.82) is 0 Å². The van der Waals surface area contributed by atoms with Crippen LogP contribution in [0.25, 0.3) is 0 Å². The quantitative estimate of drug-likeness (QED) is 0.208. The molecule has 3 rings (SSSR count). The second-order valence-corrected chi connectivity index (χ2v) is 12.0. The van der Waals surface area contributed by atoms with Crippen molar-refractivity contribution in [3.8, 4) is 0 Å². The van der Waals surface area contributed by atoms with E-state index in [0.29, 0.717) is 51.7 Å². The number of halogens is 4. The van der Waals surface area contributed by atoms with Gasteiger partial charge in [0.05, 0.1) is 0 Å². The van der Waals surface area contributed by atoms with Gasteiger partial charge in [-0.25, -0.2) is 4.39 Å². The van der Waals surface area contributed by atoms with Crippen molar-refractivity contribution in [2.75, 3.05) is 46.6 Å². The van der Waals surface area contributed by atoms with Gasteiger partial charge in [-0.2, -0.15) is 13.2 Å². The van der Waals surface area contributed by atoms with Gasteiger partial charge in [0.2, 0.25) is 0 Å². The third kappa shape index (κ3) is 9.72. The number of hydrogen-bond donors (Lipinski definition) is 5. The Bertz CT molecular complexity index is 709. The number of nitrogens with one attached hydrogen (secondary N) is 5. The molecule has 2 heterocycles. The fourth-order valence-corrected chi connectivity index (χ4v) is 5.82. The first-order valence-corrected chi connectivity index (χ1v) is 13.9. The lowest BCUT2D eigenvalue weighted by Gasteiger charge is -2.43. The summed E-state index contributed by atoms with van der Waals surface area (Å²) in [5.41, 5.74) is 0. The number of piperidine rings is 1. The summed E-state index contributed by atoms with van der Waals surface area (Å²) in [6, 6.07) is -0.0524. The van der Waals surface area contributed by atoms with Gasteiger partial charge in [-0.05, 0) is 46.2 Å². The molecule has 1 saturated carbocycles. The Hall–Kier alpha value is -0.490. The lowest BCUT2D eigenvalue weighted by molar-refractivity contribution is -0.199. The molecule has 2 saturated heterocycles. The molecule has 0 aromatic rings. The third-order valence-corrected chi connectivity index (χ3v) is 7.90. The first-order valence-electron chi connectivity index (χ1n) is 12.0. The molecule has 0 spiro atoms. The van der Waals surface area contributed by atoms with E-state index in [1.54, 1.807) is 0 Å². The molecule has 15 heteroatoms. The first-order chi connectivity index (χ1) is 16.3. The second kappa shape index (κ2) is 12.4. The Labute approximate surface area is 205 Å². The van der Waals surface area contributed by atoms with E-state index in [1.165, 1.54) is 10.6 Å². The Morgan fingerprint density at radius 2 is 1.66 bits per heavy atom. The molecule has 10 nitrogen and oxygen atoms in total. The fraction of sp³-hybridized carbons (Fsp3) is 1.00. The van der Waals surface area contributed by atoms with E-state index in [2.05, 4.69) is 26.6 Å². The number of hydrogen-bond acceptors (Lipinski definition) is 9. The molecule has 3 aliphatic rings. The van der Waals surface area contributed by atoms with Gasteiger partial charge in [0.25, 0.3) is 0 Å². The van der Waals surface area contributed by atoms with Gasteiger partial charge in [-0.15, -0.1) is 4.31 Å². The molecule has 0 aromatic heterocycles. The topological polar surface area (TPSA) is 116 Å². The van der Waals surface area contributed by atoms with Crippen molar-refractivity contribution in [2.24, 2.45) is 5.92 Å². The average Bonchev–Trinajstić information content (AvgIpc) is 2.73. The van der Waals surface area contributed by atoms with Crippen molar-refractivity contribution in [3.05, 3.63) is 0 Å². The van der Waals surface area contributed by atoms with Gasteiger partial charge in [0.15, 0.2) is 6.35 Å². The highest BCUT2D eigenvalue weighted by Gasteiger charge is 2.37. The van der Waals surface area contributed by atoms with E-state index in [4.69, 9.17) is 4.74 Å². The van der Waals surface area contributed by atoms with Crippen LogP contribution in [-0.4, -0.2) is 104 Å². The molecule has 3 fully saturated rings. The zero-order valence-electron chi connectivity index (χ0n) is 20.4. The Morgan fingerprint density at radius 1 is 1.06 bits per heavy atom. The van der Waals surface area contributed by atoms with E-state index in [-0.39, 0.29) is 18.0 Å². The predicted octanol–water partition coefficient (Wildman–Crippen LogP) is 0.0852. The normalized spacial score (nSPS) is 35.8. The minimum absolute atomic E-state index is 0.0167. The number of rotatable bonds is 9. The summed E-state index contributed by atoms with van der Waals surface area (Å²) in [7, 11) is 0.548. The van der Waals surface area contributed by atoms with Crippen LogP contribution in [0.4, 0.5) is 17.6 Å².